The number of likely N-dealkylation sites (tertiary alicyclic amines) is 1. The molecule has 0 aliphatic carbocycles. The molecule has 0 aromatic carbocycles. The number of carbonyl (C=O) groups is 1. The maximum atomic E-state index is 10.8. The molecule has 76 valence electrons. The average Bonchev–Trinajstić information content (AvgIpc) is 2.51. The summed E-state index contributed by atoms with van der Waals surface area (Å²) in [6.45, 7) is 3.23. The summed E-state index contributed by atoms with van der Waals surface area (Å²) < 4.78 is 0. The van der Waals surface area contributed by atoms with Crippen molar-refractivity contribution in [1.29, 1.82) is 0 Å². The second-order valence-corrected chi connectivity index (χ2v) is 3.76. The van der Waals surface area contributed by atoms with Crippen LogP contribution in [0.1, 0.15) is 12.8 Å². The topological polar surface area (TPSA) is 58.4 Å². The molecule has 0 spiro atoms. The average molecular weight is 185 g/mol. The maximum absolute atomic E-state index is 10.8. The monoisotopic (exact) mass is 185 g/mol. The van der Waals surface area contributed by atoms with Crippen LogP contribution < -0.4 is 11.1 Å². The van der Waals surface area contributed by atoms with Crippen LogP contribution in [0.4, 0.5) is 0 Å². The Kier molecular flexibility index (Phi) is 4.18. The number of amides is 1. The maximum Gasteiger partial charge on any atom is 0.233 e. The van der Waals surface area contributed by atoms with Crippen molar-refractivity contribution in [2.45, 2.75) is 12.8 Å². The minimum absolute atomic E-state index is 0.0497. The zero-order valence-electron chi connectivity index (χ0n) is 8.25. The zero-order valence-corrected chi connectivity index (χ0v) is 8.25. The van der Waals surface area contributed by atoms with Gasteiger partial charge in [-0.05, 0) is 32.4 Å². The van der Waals surface area contributed by atoms with E-state index in [1.54, 1.807) is 0 Å². The Bertz CT molecular complexity index is 172. The van der Waals surface area contributed by atoms with Crippen LogP contribution in [0.3, 0.4) is 0 Å². The molecular weight excluding hydrogens is 166 g/mol. The van der Waals surface area contributed by atoms with Gasteiger partial charge < -0.3 is 16.0 Å². The highest BCUT2D eigenvalue weighted by Crippen LogP contribution is 2.16. The summed E-state index contributed by atoms with van der Waals surface area (Å²) in [5.41, 5.74) is 5.17. The molecule has 1 aliphatic rings. The van der Waals surface area contributed by atoms with E-state index >= 15 is 0 Å². The minimum atomic E-state index is -0.0497. The molecule has 3 N–H and O–H groups in total. The molecule has 0 aromatic heterocycles. The Morgan fingerprint density at radius 2 is 2.46 bits per heavy atom. The number of hydrogen-bond donors (Lipinski definition) is 2. The smallest absolute Gasteiger partial charge is 0.233 e. The highest BCUT2D eigenvalue weighted by Gasteiger charge is 2.18. The molecular formula is C9H19N3O. The molecule has 0 bridgehead atoms. The fourth-order valence-electron chi connectivity index (χ4n) is 1.75. The van der Waals surface area contributed by atoms with Crippen LogP contribution in [-0.4, -0.2) is 44.0 Å². The summed E-state index contributed by atoms with van der Waals surface area (Å²) in [6, 6.07) is 0. The molecule has 1 heterocycles. The van der Waals surface area contributed by atoms with Gasteiger partial charge in [-0.15, -0.1) is 0 Å². The molecule has 1 atom stereocenters. The summed E-state index contributed by atoms with van der Waals surface area (Å²) in [5, 5.41) is 2.79. The second kappa shape index (κ2) is 5.19. The van der Waals surface area contributed by atoms with Gasteiger partial charge in [0, 0.05) is 13.1 Å². The van der Waals surface area contributed by atoms with Crippen LogP contribution in [-0.2, 0) is 4.79 Å². The highest BCUT2D eigenvalue weighted by molar-refractivity contribution is 5.77. The van der Waals surface area contributed by atoms with Crippen molar-refractivity contribution < 1.29 is 4.79 Å². The number of hydrogen-bond acceptors (Lipinski definition) is 3. The molecule has 1 saturated heterocycles. The second-order valence-electron chi connectivity index (χ2n) is 3.76. The Hall–Kier alpha value is -0.610. The Morgan fingerprint density at radius 3 is 3.00 bits per heavy atom. The molecule has 1 unspecified atom stereocenters. The van der Waals surface area contributed by atoms with Crippen molar-refractivity contribution in [2.75, 3.05) is 33.2 Å². The molecule has 1 aliphatic heterocycles. The predicted octanol–water partition coefficient (Wildman–Crippen LogP) is -0.597. The lowest BCUT2D eigenvalue weighted by Crippen LogP contribution is -2.32. The third kappa shape index (κ3) is 3.74. The van der Waals surface area contributed by atoms with Gasteiger partial charge in [0.15, 0.2) is 0 Å². The van der Waals surface area contributed by atoms with Crippen LogP contribution in [0.15, 0.2) is 0 Å². The van der Waals surface area contributed by atoms with E-state index in [0.29, 0.717) is 0 Å². The van der Waals surface area contributed by atoms with Crippen molar-refractivity contribution in [3.05, 3.63) is 0 Å². The minimum Gasteiger partial charge on any atom is -0.355 e. The number of nitrogens with zero attached hydrogens (tertiary/aromatic N) is 1. The van der Waals surface area contributed by atoms with Gasteiger partial charge in [-0.1, -0.05) is 0 Å². The SMILES string of the molecule is CN1CCC(CCNC(=O)CN)C1. The lowest BCUT2D eigenvalue weighted by molar-refractivity contribution is -0.119. The number of rotatable bonds is 4. The Morgan fingerprint density at radius 1 is 1.69 bits per heavy atom. The van der Waals surface area contributed by atoms with Crippen molar-refractivity contribution in [3.63, 3.8) is 0 Å². The van der Waals surface area contributed by atoms with Crippen molar-refractivity contribution in [2.24, 2.45) is 11.7 Å². The number of carbonyl (C=O) groups excluding carboxylic acids is 1. The molecule has 1 fully saturated rings. The quantitative estimate of drug-likeness (QED) is 0.615. The fraction of sp³-hybridized carbons (Fsp3) is 0.889. The van der Waals surface area contributed by atoms with Crippen molar-refractivity contribution in [3.8, 4) is 0 Å². The first kappa shape index (κ1) is 10.5. The van der Waals surface area contributed by atoms with Gasteiger partial charge in [0.25, 0.3) is 0 Å². The van der Waals surface area contributed by atoms with E-state index in [-0.39, 0.29) is 12.5 Å². The van der Waals surface area contributed by atoms with Crippen LogP contribution in [0.2, 0.25) is 0 Å². The summed E-state index contributed by atoms with van der Waals surface area (Å²) in [7, 11) is 2.14. The van der Waals surface area contributed by atoms with Gasteiger partial charge in [-0.3, -0.25) is 4.79 Å². The summed E-state index contributed by atoms with van der Waals surface area (Å²) in [4.78, 5) is 13.1. The highest BCUT2D eigenvalue weighted by atomic mass is 16.1. The third-order valence-corrected chi connectivity index (χ3v) is 2.55. The van der Waals surface area contributed by atoms with E-state index in [0.717, 1.165) is 18.9 Å². The molecule has 13 heavy (non-hydrogen) atoms. The number of nitrogens with two attached hydrogens (primary N) is 1. The first-order valence-electron chi connectivity index (χ1n) is 4.87. The lowest BCUT2D eigenvalue weighted by Gasteiger charge is -2.10. The zero-order chi connectivity index (χ0) is 9.68. The molecule has 1 rings (SSSR count). The van der Waals surface area contributed by atoms with Gasteiger partial charge in [0.1, 0.15) is 0 Å². The van der Waals surface area contributed by atoms with Crippen LogP contribution in [0.25, 0.3) is 0 Å². The Balaban J connectivity index is 2.03. The normalized spacial score (nSPS) is 23.4. The summed E-state index contributed by atoms with van der Waals surface area (Å²) >= 11 is 0. The Labute approximate surface area is 79.5 Å². The largest absolute Gasteiger partial charge is 0.355 e. The van der Waals surface area contributed by atoms with Crippen LogP contribution in [0, 0.1) is 5.92 Å². The van der Waals surface area contributed by atoms with Gasteiger partial charge in [-0.2, -0.15) is 0 Å². The lowest BCUT2D eigenvalue weighted by atomic mass is 10.1. The number of nitrogens with one attached hydrogen (secondary N) is 1. The fourth-order valence-corrected chi connectivity index (χ4v) is 1.75. The van der Waals surface area contributed by atoms with E-state index < -0.39 is 0 Å². The van der Waals surface area contributed by atoms with Crippen molar-refractivity contribution >= 4 is 5.91 Å². The summed E-state index contributed by atoms with van der Waals surface area (Å²) in [6.07, 6.45) is 2.34. The molecule has 0 aromatic rings. The standard InChI is InChI=1S/C9H19N3O/c1-12-5-3-8(7-12)2-4-11-9(13)6-10/h8H,2-7,10H2,1H3,(H,11,13). The molecule has 0 radical (unpaired) electrons. The molecule has 4 heteroatoms. The van der Waals surface area contributed by atoms with Gasteiger partial charge in [-0.25, -0.2) is 0 Å². The first-order chi connectivity index (χ1) is 6.22. The third-order valence-electron chi connectivity index (χ3n) is 2.55. The molecule has 1 amide bonds. The van der Waals surface area contributed by atoms with Gasteiger partial charge in [0.2, 0.25) is 5.91 Å². The van der Waals surface area contributed by atoms with Crippen molar-refractivity contribution in [1.82, 2.24) is 10.2 Å². The van der Waals surface area contributed by atoms with E-state index in [2.05, 4.69) is 17.3 Å². The van der Waals surface area contributed by atoms with E-state index in [9.17, 15) is 4.79 Å². The first-order valence-corrected chi connectivity index (χ1v) is 4.87. The van der Waals surface area contributed by atoms with E-state index in [4.69, 9.17) is 5.73 Å². The predicted molar refractivity (Wildman–Crippen MR) is 52.3 cm³/mol. The van der Waals surface area contributed by atoms with Gasteiger partial charge >= 0.3 is 0 Å². The van der Waals surface area contributed by atoms with Crippen LogP contribution in [0.5, 0.6) is 0 Å². The summed E-state index contributed by atoms with van der Waals surface area (Å²) in [5.74, 6) is 0.703. The molecule has 4 nitrogen and oxygen atoms in total. The van der Waals surface area contributed by atoms with Crippen LogP contribution >= 0.6 is 0 Å². The van der Waals surface area contributed by atoms with Gasteiger partial charge in [0.05, 0.1) is 6.54 Å². The van der Waals surface area contributed by atoms with E-state index in [1.165, 1.54) is 19.5 Å². The molecule has 0 saturated carbocycles. The van der Waals surface area contributed by atoms with E-state index in [1.807, 2.05) is 0 Å².